The Morgan fingerprint density at radius 2 is 2.07 bits per heavy atom. The second kappa shape index (κ2) is 8.16. The van der Waals surface area contributed by atoms with E-state index in [1.807, 2.05) is 4.90 Å². The first-order valence-corrected chi connectivity index (χ1v) is 10.8. The van der Waals surface area contributed by atoms with E-state index in [4.69, 9.17) is 0 Å². The summed E-state index contributed by atoms with van der Waals surface area (Å²) >= 11 is 0. The van der Waals surface area contributed by atoms with Crippen LogP contribution in [-0.2, 0) is 10.2 Å². The van der Waals surface area contributed by atoms with Gasteiger partial charge in [-0.3, -0.25) is 0 Å². The minimum Gasteiger partial charge on any atom is -0.355 e. The Bertz CT molecular complexity index is 1150. The van der Waals surface area contributed by atoms with Crippen LogP contribution in [0.5, 0.6) is 0 Å². The maximum absolute atomic E-state index is 13.0. The van der Waals surface area contributed by atoms with Crippen molar-refractivity contribution in [1.82, 2.24) is 34.0 Å². The molecule has 1 fully saturated rings. The summed E-state index contributed by atoms with van der Waals surface area (Å²) < 4.78 is 55.8. The molecule has 0 spiro atoms. The second-order valence-electron chi connectivity index (χ2n) is 6.84. The first-order chi connectivity index (χ1) is 14.4. The zero-order valence-electron chi connectivity index (χ0n) is 16.0. The number of halogens is 2. The Morgan fingerprint density at radius 1 is 1.23 bits per heavy atom. The highest BCUT2D eigenvalue weighted by atomic mass is 32.2. The first-order valence-electron chi connectivity index (χ1n) is 9.27. The van der Waals surface area contributed by atoms with E-state index in [1.54, 1.807) is 6.07 Å². The van der Waals surface area contributed by atoms with Crippen molar-refractivity contribution in [3.63, 3.8) is 0 Å². The molecular formula is C17H20F2N8O2S. The molecule has 2 N–H and O–H groups in total. The van der Waals surface area contributed by atoms with Gasteiger partial charge in [0.15, 0.2) is 5.65 Å². The summed E-state index contributed by atoms with van der Waals surface area (Å²) in [5, 5.41) is 3.96. The van der Waals surface area contributed by atoms with Gasteiger partial charge in [-0.25, -0.2) is 33.0 Å². The number of imidazole rings is 1. The summed E-state index contributed by atoms with van der Waals surface area (Å²) in [4.78, 5) is 14.7. The second-order valence-corrected chi connectivity index (χ2v) is 8.50. The van der Waals surface area contributed by atoms with Crippen LogP contribution >= 0.6 is 0 Å². The zero-order valence-corrected chi connectivity index (χ0v) is 16.9. The fraction of sp³-hybridized carbons (Fsp3) is 0.412. The van der Waals surface area contributed by atoms with Crippen LogP contribution in [0, 0.1) is 0 Å². The Morgan fingerprint density at radius 3 is 2.83 bits per heavy atom. The van der Waals surface area contributed by atoms with Crippen molar-refractivity contribution in [3.8, 4) is 11.4 Å². The zero-order chi connectivity index (χ0) is 21.3. The molecule has 1 atom stereocenters. The number of rotatable bonds is 6. The van der Waals surface area contributed by atoms with Gasteiger partial charge in [-0.1, -0.05) is 0 Å². The smallest absolute Gasteiger partial charge is 0.282 e. The van der Waals surface area contributed by atoms with Crippen LogP contribution in [0.1, 0.15) is 25.0 Å². The largest absolute Gasteiger partial charge is 0.355 e. The number of hydrogen-bond donors (Lipinski definition) is 2. The van der Waals surface area contributed by atoms with Crippen molar-refractivity contribution in [2.75, 3.05) is 25.0 Å². The van der Waals surface area contributed by atoms with E-state index in [0.717, 1.165) is 6.42 Å². The van der Waals surface area contributed by atoms with Crippen molar-refractivity contribution >= 4 is 21.7 Å². The molecule has 3 aromatic rings. The number of nitrogens with one attached hydrogen (secondary N) is 2. The van der Waals surface area contributed by atoms with E-state index < -0.39 is 16.6 Å². The maximum Gasteiger partial charge on any atom is 0.282 e. The molecule has 0 saturated carbocycles. The van der Waals surface area contributed by atoms with Gasteiger partial charge in [0.2, 0.25) is 0 Å². The topological polar surface area (TPSA) is 117 Å². The first kappa shape index (κ1) is 20.5. The van der Waals surface area contributed by atoms with Crippen molar-refractivity contribution in [3.05, 3.63) is 36.4 Å². The molecule has 0 amide bonds. The van der Waals surface area contributed by atoms with Gasteiger partial charge in [0, 0.05) is 32.2 Å². The molecular weight excluding hydrogens is 418 g/mol. The number of nitrogens with zero attached hydrogens (tertiary/aromatic N) is 6. The van der Waals surface area contributed by atoms with Gasteiger partial charge >= 0.3 is 0 Å². The number of aromatic nitrogens is 5. The molecule has 160 valence electrons. The van der Waals surface area contributed by atoms with E-state index in [1.165, 1.54) is 36.2 Å². The Kier molecular flexibility index (Phi) is 5.58. The summed E-state index contributed by atoms with van der Waals surface area (Å²) in [7, 11) is -2.19. The quantitative estimate of drug-likeness (QED) is 0.593. The standard InChI is InChI=1S/C17H20F2N8O2S/c1-20-30(28,29)25-11-3-2-6-26(9-11)16-7-13(22-10-23-16)14-8-21-15-5-4-12(17(18)19)24-27(14)15/h4-5,7-8,10-11,17,20,25H,2-3,6,9H2,1H3/t11-/m0/s1. The number of hydrogen-bond acceptors (Lipinski definition) is 7. The Hall–Kier alpha value is -2.77. The van der Waals surface area contributed by atoms with Crippen LogP contribution in [-0.4, -0.2) is 59.2 Å². The number of anilines is 1. The van der Waals surface area contributed by atoms with E-state index in [2.05, 4.69) is 29.5 Å². The van der Waals surface area contributed by atoms with Crippen molar-refractivity contribution in [2.45, 2.75) is 25.3 Å². The van der Waals surface area contributed by atoms with Crippen molar-refractivity contribution in [2.24, 2.45) is 0 Å². The molecule has 1 aliphatic heterocycles. The van der Waals surface area contributed by atoms with E-state index >= 15 is 0 Å². The van der Waals surface area contributed by atoms with Gasteiger partial charge in [0.05, 0.1) is 11.9 Å². The number of alkyl halides is 2. The fourth-order valence-corrected chi connectivity index (χ4v) is 4.15. The van der Waals surface area contributed by atoms with Crippen LogP contribution in [0.25, 0.3) is 17.0 Å². The highest BCUT2D eigenvalue weighted by Gasteiger charge is 2.25. The molecule has 0 unspecified atom stereocenters. The molecule has 0 aromatic carbocycles. The molecule has 0 radical (unpaired) electrons. The summed E-state index contributed by atoms with van der Waals surface area (Å²) in [5.41, 5.74) is 1.01. The van der Waals surface area contributed by atoms with E-state index in [9.17, 15) is 17.2 Å². The number of piperidine rings is 1. The minimum atomic E-state index is -3.54. The van der Waals surface area contributed by atoms with E-state index in [0.29, 0.717) is 42.4 Å². The van der Waals surface area contributed by atoms with Gasteiger partial charge in [0.1, 0.15) is 23.5 Å². The SMILES string of the molecule is CNS(=O)(=O)N[C@H]1CCCN(c2cc(-c3cnc4ccc(C(F)F)nn34)ncn2)C1. The van der Waals surface area contributed by atoms with Gasteiger partial charge in [0.25, 0.3) is 16.6 Å². The summed E-state index contributed by atoms with van der Waals surface area (Å²) in [6.45, 7) is 1.15. The molecule has 0 bridgehead atoms. The third kappa shape index (κ3) is 4.22. The molecule has 4 rings (SSSR count). The molecule has 1 saturated heterocycles. The third-order valence-corrected chi connectivity index (χ3v) is 6.04. The van der Waals surface area contributed by atoms with Gasteiger partial charge < -0.3 is 4.90 Å². The lowest BCUT2D eigenvalue weighted by atomic mass is 10.1. The minimum absolute atomic E-state index is 0.263. The van der Waals surface area contributed by atoms with Crippen LogP contribution in [0.2, 0.25) is 0 Å². The molecule has 3 aromatic heterocycles. The lowest BCUT2D eigenvalue weighted by Gasteiger charge is -2.33. The molecule has 0 aliphatic carbocycles. The lowest BCUT2D eigenvalue weighted by molar-refractivity contribution is 0.144. The normalized spacial score (nSPS) is 17.7. The van der Waals surface area contributed by atoms with Gasteiger partial charge in [-0.2, -0.15) is 18.2 Å². The Labute approximate surface area is 171 Å². The van der Waals surface area contributed by atoms with Gasteiger partial charge in [-0.15, -0.1) is 0 Å². The van der Waals surface area contributed by atoms with Crippen LogP contribution in [0.3, 0.4) is 0 Å². The highest BCUT2D eigenvalue weighted by molar-refractivity contribution is 7.87. The summed E-state index contributed by atoms with van der Waals surface area (Å²) in [5.74, 6) is 0.605. The Balaban J connectivity index is 1.62. The van der Waals surface area contributed by atoms with Crippen LogP contribution in [0.4, 0.5) is 14.6 Å². The highest BCUT2D eigenvalue weighted by Crippen LogP contribution is 2.25. The van der Waals surface area contributed by atoms with E-state index in [-0.39, 0.29) is 11.7 Å². The molecule has 30 heavy (non-hydrogen) atoms. The summed E-state index contributed by atoms with van der Waals surface area (Å²) in [6.07, 6.45) is 1.69. The predicted molar refractivity (Wildman–Crippen MR) is 105 cm³/mol. The average Bonchev–Trinajstić information content (AvgIpc) is 3.17. The molecule has 1 aliphatic rings. The predicted octanol–water partition coefficient (Wildman–Crippen LogP) is 1.15. The third-order valence-electron chi connectivity index (χ3n) is 4.86. The summed E-state index contributed by atoms with van der Waals surface area (Å²) in [6, 6.07) is 4.17. The van der Waals surface area contributed by atoms with Gasteiger partial charge in [-0.05, 0) is 25.0 Å². The van der Waals surface area contributed by atoms with Crippen molar-refractivity contribution in [1.29, 1.82) is 0 Å². The molecule has 4 heterocycles. The maximum atomic E-state index is 13.0. The molecule has 10 nitrogen and oxygen atoms in total. The fourth-order valence-electron chi connectivity index (χ4n) is 3.40. The van der Waals surface area contributed by atoms with Crippen LogP contribution in [0.15, 0.2) is 30.7 Å². The number of fused-ring (bicyclic) bond motifs is 1. The average molecular weight is 438 g/mol. The lowest BCUT2D eigenvalue weighted by Crippen LogP contribution is -2.50. The monoisotopic (exact) mass is 438 g/mol. The van der Waals surface area contributed by atoms with Crippen LogP contribution < -0.4 is 14.3 Å². The molecule has 13 heteroatoms. The van der Waals surface area contributed by atoms with Crippen molar-refractivity contribution < 1.29 is 17.2 Å².